The van der Waals surface area contributed by atoms with E-state index in [1.807, 2.05) is 0 Å². The Morgan fingerprint density at radius 3 is 2.45 bits per heavy atom. The molecule has 2 heterocycles. The third-order valence-corrected chi connectivity index (χ3v) is 3.75. The van der Waals surface area contributed by atoms with E-state index in [2.05, 4.69) is 9.97 Å². The maximum absolute atomic E-state index is 11.6. The second-order valence-corrected chi connectivity index (χ2v) is 5.10. The number of nitrogens with one attached hydrogen (secondary N) is 1. The van der Waals surface area contributed by atoms with E-state index in [1.165, 1.54) is 24.3 Å². The molecule has 0 spiro atoms. The first kappa shape index (κ1) is 12.5. The van der Waals surface area contributed by atoms with Crippen LogP contribution >= 0.6 is 0 Å². The lowest BCUT2D eigenvalue weighted by atomic mass is 10.0. The van der Waals surface area contributed by atoms with E-state index in [0.29, 0.717) is 21.8 Å². The summed E-state index contributed by atoms with van der Waals surface area (Å²) >= 11 is 0. The molecule has 0 fully saturated rings. The second-order valence-electron chi connectivity index (χ2n) is 5.10. The summed E-state index contributed by atoms with van der Waals surface area (Å²) in [6.45, 7) is 0. The van der Waals surface area contributed by atoms with Crippen LogP contribution in [0.25, 0.3) is 32.6 Å². The van der Waals surface area contributed by atoms with Gasteiger partial charge in [0.2, 0.25) is 5.43 Å². The molecule has 0 unspecified atom stereocenters. The second kappa shape index (κ2) is 4.11. The van der Waals surface area contributed by atoms with Gasteiger partial charge in [-0.05, 0) is 12.1 Å². The van der Waals surface area contributed by atoms with Crippen molar-refractivity contribution >= 4 is 32.6 Å². The van der Waals surface area contributed by atoms with Gasteiger partial charge >= 0.3 is 0 Å². The maximum Gasteiger partial charge on any atom is 0.222 e. The Morgan fingerprint density at radius 1 is 0.909 bits per heavy atom. The Morgan fingerprint density at radius 2 is 1.64 bits per heavy atom. The molecule has 6 heteroatoms. The fourth-order valence-electron chi connectivity index (χ4n) is 2.69. The summed E-state index contributed by atoms with van der Waals surface area (Å²) in [6, 6.07) is 5.49. The predicted octanol–water partition coefficient (Wildman–Crippen LogP) is 2.35. The van der Waals surface area contributed by atoms with Crippen molar-refractivity contribution in [2.24, 2.45) is 0 Å². The van der Waals surface area contributed by atoms with E-state index >= 15 is 0 Å². The molecular weight excluding hydrogens is 284 g/mol. The number of aromatic amines is 1. The summed E-state index contributed by atoms with van der Waals surface area (Å²) in [5.74, 6) is -0.833. The molecule has 0 aliphatic heterocycles. The van der Waals surface area contributed by atoms with Gasteiger partial charge in [0.15, 0.2) is 17.2 Å². The number of hydrogen-bond acceptors (Lipinski definition) is 5. The average Bonchev–Trinajstić information content (AvgIpc) is 2.49. The van der Waals surface area contributed by atoms with Gasteiger partial charge in [0, 0.05) is 51.6 Å². The van der Waals surface area contributed by atoms with Crippen LogP contribution in [0.4, 0.5) is 0 Å². The van der Waals surface area contributed by atoms with Gasteiger partial charge in [-0.1, -0.05) is 0 Å². The minimum Gasteiger partial charge on any atom is -0.504 e. The van der Waals surface area contributed by atoms with Crippen LogP contribution in [0.5, 0.6) is 17.2 Å². The fourth-order valence-corrected chi connectivity index (χ4v) is 2.69. The van der Waals surface area contributed by atoms with Gasteiger partial charge < -0.3 is 20.3 Å². The molecule has 2 aromatic carbocycles. The highest BCUT2D eigenvalue weighted by molar-refractivity contribution is 6.18. The molecule has 0 aliphatic carbocycles. The molecule has 0 saturated heterocycles. The van der Waals surface area contributed by atoms with Crippen LogP contribution in [0, 0.1) is 0 Å². The highest BCUT2D eigenvalue weighted by Crippen LogP contribution is 2.35. The van der Waals surface area contributed by atoms with Crippen LogP contribution in [0.1, 0.15) is 0 Å². The number of H-pyrrole nitrogens is 1. The smallest absolute Gasteiger partial charge is 0.222 e. The van der Waals surface area contributed by atoms with Crippen molar-refractivity contribution in [3.05, 3.63) is 46.9 Å². The first-order valence-electron chi connectivity index (χ1n) is 6.53. The summed E-state index contributed by atoms with van der Waals surface area (Å²) < 4.78 is 0. The maximum atomic E-state index is 11.6. The van der Waals surface area contributed by atoms with Crippen molar-refractivity contribution in [3.63, 3.8) is 0 Å². The van der Waals surface area contributed by atoms with Gasteiger partial charge in [0.1, 0.15) is 0 Å². The fraction of sp³-hybridized carbons (Fsp3) is 0. The van der Waals surface area contributed by atoms with Crippen LogP contribution in [-0.4, -0.2) is 25.3 Å². The van der Waals surface area contributed by atoms with Crippen LogP contribution < -0.4 is 5.43 Å². The van der Waals surface area contributed by atoms with E-state index in [0.717, 1.165) is 10.8 Å². The molecule has 0 aliphatic rings. The van der Waals surface area contributed by atoms with Crippen molar-refractivity contribution < 1.29 is 15.3 Å². The molecule has 4 N–H and O–H groups in total. The quantitative estimate of drug-likeness (QED) is 0.294. The number of benzene rings is 2. The Kier molecular flexibility index (Phi) is 2.33. The minimum atomic E-state index is -0.494. The minimum absolute atomic E-state index is 0.230. The number of phenols is 3. The van der Waals surface area contributed by atoms with Gasteiger partial charge in [-0.3, -0.25) is 9.78 Å². The van der Waals surface area contributed by atoms with Crippen LogP contribution in [0.15, 0.2) is 41.5 Å². The van der Waals surface area contributed by atoms with Crippen molar-refractivity contribution in [3.8, 4) is 17.2 Å². The van der Waals surface area contributed by atoms with Gasteiger partial charge in [-0.15, -0.1) is 0 Å². The lowest BCUT2D eigenvalue weighted by molar-refractivity contribution is 0.405. The molecule has 0 bridgehead atoms. The average molecular weight is 294 g/mol. The predicted molar refractivity (Wildman–Crippen MR) is 82.4 cm³/mol. The zero-order chi connectivity index (χ0) is 15.4. The highest BCUT2D eigenvalue weighted by atomic mass is 16.3. The Bertz CT molecular complexity index is 1130. The summed E-state index contributed by atoms with van der Waals surface area (Å²) in [7, 11) is 0. The number of aromatic nitrogens is 2. The van der Waals surface area contributed by atoms with Crippen molar-refractivity contribution in [2.45, 2.75) is 0 Å². The molecule has 6 nitrogen and oxygen atoms in total. The number of pyridine rings is 2. The topological polar surface area (TPSA) is 106 Å². The Hall–Kier alpha value is -3.28. The van der Waals surface area contributed by atoms with E-state index in [4.69, 9.17) is 0 Å². The molecule has 0 saturated carbocycles. The molecule has 108 valence electrons. The molecule has 22 heavy (non-hydrogen) atoms. The third-order valence-electron chi connectivity index (χ3n) is 3.75. The van der Waals surface area contributed by atoms with Crippen LogP contribution in [-0.2, 0) is 0 Å². The number of aromatic hydroxyl groups is 3. The zero-order valence-electron chi connectivity index (χ0n) is 11.2. The monoisotopic (exact) mass is 294 g/mol. The Labute approximate surface area is 122 Å². The molecule has 0 radical (unpaired) electrons. The molecule has 4 rings (SSSR count). The standard InChI is InChI=1S/C16H10N2O4/c19-12-1-8-10(3-14(12)21)17-5-7-6-18-11-4-15(22)13(20)2-9(11)16(7)8/h1-6,17,19-21H. The van der Waals surface area contributed by atoms with Crippen molar-refractivity contribution in [2.75, 3.05) is 0 Å². The Balaban J connectivity index is 2.33. The van der Waals surface area contributed by atoms with Gasteiger partial charge in [-0.2, -0.15) is 0 Å². The van der Waals surface area contributed by atoms with Crippen LogP contribution in [0.2, 0.25) is 0 Å². The van der Waals surface area contributed by atoms with Gasteiger partial charge in [0.25, 0.3) is 0 Å². The summed E-state index contributed by atoms with van der Waals surface area (Å²) in [5.41, 5.74) is 0.572. The van der Waals surface area contributed by atoms with Crippen molar-refractivity contribution in [1.82, 2.24) is 9.97 Å². The lowest BCUT2D eigenvalue weighted by Crippen LogP contribution is -1.98. The van der Waals surface area contributed by atoms with Crippen LogP contribution in [0.3, 0.4) is 0 Å². The van der Waals surface area contributed by atoms with Gasteiger partial charge in [-0.25, -0.2) is 0 Å². The van der Waals surface area contributed by atoms with Crippen molar-refractivity contribution in [1.29, 1.82) is 0 Å². The summed E-state index contributed by atoms with van der Waals surface area (Å²) in [5, 5.41) is 31.8. The van der Waals surface area contributed by atoms with E-state index in [1.54, 1.807) is 12.4 Å². The number of rotatable bonds is 0. The third kappa shape index (κ3) is 1.61. The normalized spacial score (nSPS) is 11.5. The van der Waals surface area contributed by atoms with E-state index in [9.17, 15) is 20.1 Å². The molecule has 4 aromatic rings. The number of nitrogens with zero attached hydrogens (tertiary/aromatic N) is 1. The number of hydrogen-bond donors (Lipinski definition) is 4. The largest absolute Gasteiger partial charge is 0.504 e. The number of fused-ring (bicyclic) bond motifs is 5. The van der Waals surface area contributed by atoms with E-state index < -0.39 is 5.43 Å². The highest BCUT2D eigenvalue weighted by Gasteiger charge is 2.11. The molecular formula is C16H10N2O4. The summed E-state index contributed by atoms with van der Waals surface area (Å²) in [6.07, 6.45) is 3.32. The first-order chi connectivity index (χ1) is 10.5. The first-order valence-corrected chi connectivity index (χ1v) is 6.53. The van der Waals surface area contributed by atoms with E-state index in [-0.39, 0.29) is 17.2 Å². The zero-order valence-corrected chi connectivity index (χ0v) is 11.2. The SMILES string of the molecule is O=c1cc2ncc3c[nH]c4cc(O)c(O)cc4c3c2cc1O. The molecule has 0 atom stereocenters. The summed E-state index contributed by atoms with van der Waals surface area (Å²) in [4.78, 5) is 18.8. The number of phenolic OH excluding ortho intramolecular Hbond substituents is 3. The van der Waals surface area contributed by atoms with Gasteiger partial charge in [0.05, 0.1) is 5.52 Å². The molecule has 2 aromatic heterocycles. The lowest BCUT2D eigenvalue weighted by Gasteiger charge is -2.09. The molecule has 0 amide bonds.